The van der Waals surface area contributed by atoms with Gasteiger partial charge in [0.2, 0.25) is 0 Å². The van der Waals surface area contributed by atoms with Gasteiger partial charge in [-0.25, -0.2) is 8.78 Å². The van der Waals surface area contributed by atoms with Gasteiger partial charge in [0.15, 0.2) is 5.12 Å². The molecule has 0 aromatic heterocycles. The summed E-state index contributed by atoms with van der Waals surface area (Å²) in [6, 6.07) is 0. The molecule has 142 valence electrons. The molecule has 0 N–H and O–H groups in total. The molecule has 2 atom stereocenters. The number of carbonyl (C=O) groups is 1. The highest BCUT2D eigenvalue weighted by Gasteiger charge is 2.58. The Kier molecular flexibility index (Phi) is 6.21. The minimum Gasteiger partial charge on any atom is -0.287 e. The van der Waals surface area contributed by atoms with Crippen molar-refractivity contribution in [2.45, 2.75) is 68.2 Å². The molecular weight excluding hydrogens is 375 g/mol. The summed E-state index contributed by atoms with van der Waals surface area (Å²) >= 11 is 0.282. The lowest BCUT2D eigenvalue weighted by atomic mass is 9.96. The van der Waals surface area contributed by atoms with Crippen LogP contribution in [0.3, 0.4) is 0 Å². The van der Waals surface area contributed by atoms with E-state index in [-0.39, 0.29) is 18.2 Å². The normalized spacial score (nSPS) is 23.8. The Hall–Kier alpha value is -0.610. The monoisotopic (exact) mass is 390 g/mol. The van der Waals surface area contributed by atoms with Gasteiger partial charge in [0.1, 0.15) is 0 Å². The molecule has 0 amide bonds. The van der Waals surface area contributed by atoms with Crippen molar-refractivity contribution in [2.24, 2.45) is 5.92 Å². The van der Waals surface area contributed by atoms with Crippen molar-refractivity contribution in [3.05, 3.63) is 0 Å². The maximum absolute atomic E-state index is 13.8. The molecule has 1 aliphatic heterocycles. The van der Waals surface area contributed by atoms with Crippen molar-refractivity contribution in [1.29, 1.82) is 0 Å². The second-order valence-corrected chi connectivity index (χ2v) is 7.05. The van der Waals surface area contributed by atoms with Gasteiger partial charge in [-0.15, -0.1) is 0 Å². The van der Waals surface area contributed by atoms with Gasteiger partial charge in [-0.2, -0.15) is 30.7 Å². The third kappa shape index (κ3) is 5.45. The highest BCUT2D eigenvalue weighted by atomic mass is 32.2. The Labute approximate surface area is 136 Å². The van der Waals surface area contributed by atoms with Crippen LogP contribution in [0, 0.1) is 5.92 Å². The van der Waals surface area contributed by atoms with E-state index in [2.05, 4.69) is 0 Å². The lowest BCUT2D eigenvalue weighted by Gasteiger charge is -2.29. The molecule has 24 heavy (non-hydrogen) atoms. The van der Waals surface area contributed by atoms with Crippen LogP contribution >= 0.6 is 11.8 Å². The summed E-state index contributed by atoms with van der Waals surface area (Å²) in [5.41, 5.74) is 0. The Bertz CT molecular complexity index is 461. The minimum absolute atomic E-state index is 0.271. The molecule has 0 spiro atoms. The van der Waals surface area contributed by atoms with Gasteiger partial charge >= 0.3 is 18.0 Å². The zero-order chi connectivity index (χ0) is 19.0. The SMILES string of the molecule is CC1CC(C(F)(F)CCC(F)(F)C(F)(F)CCC(F)(F)F)SC1=O. The first-order valence-electron chi connectivity index (χ1n) is 6.98. The van der Waals surface area contributed by atoms with E-state index in [1.165, 1.54) is 6.92 Å². The van der Waals surface area contributed by atoms with Crippen molar-refractivity contribution in [3.8, 4) is 0 Å². The third-order valence-corrected chi connectivity index (χ3v) is 5.19. The standard InChI is InChI=1S/C13H15F9OS/c1-7-6-8(24-9(7)23)10(14,15)2-3-11(16,17)12(18,19)4-5-13(20,21)22/h7-8H,2-6H2,1H3. The summed E-state index contributed by atoms with van der Waals surface area (Å²) in [4.78, 5) is 11.2. The fourth-order valence-corrected chi connectivity index (χ4v) is 3.41. The fourth-order valence-electron chi connectivity index (χ4n) is 2.13. The number of carbonyl (C=O) groups excluding carboxylic acids is 1. The van der Waals surface area contributed by atoms with Crippen molar-refractivity contribution in [2.75, 3.05) is 0 Å². The summed E-state index contributed by atoms with van der Waals surface area (Å²) in [5, 5.41) is -2.14. The largest absolute Gasteiger partial charge is 0.389 e. The number of rotatable bonds is 7. The van der Waals surface area contributed by atoms with E-state index >= 15 is 0 Å². The molecule has 0 aliphatic carbocycles. The van der Waals surface area contributed by atoms with Crippen molar-refractivity contribution >= 4 is 16.9 Å². The van der Waals surface area contributed by atoms with Crippen LogP contribution in [-0.2, 0) is 4.79 Å². The summed E-state index contributed by atoms with van der Waals surface area (Å²) in [7, 11) is 0. The Morgan fingerprint density at radius 2 is 1.33 bits per heavy atom. The number of thioether (sulfide) groups is 1. The summed E-state index contributed by atoms with van der Waals surface area (Å²) in [5.74, 6) is -14.5. The lowest BCUT2D eigenvalue weighted by molar-refractivity contribution is -0.234. The second kappa shape index (κ2) is 6.95. The zero-order valence-corrected chi connectivity index (χ0v) is 13.2. The van der Waals surface area contributed by atoms with Gasteiger partial charge in [-0.1, -0.05) is 18.7 Å². The van der Waals surface area contributed by atoms with Gasteiger partial charge in [0.05, 0.1) is 5.25 Å². The van der Waals surface area contributed by atoms with Crippen LogP contribution < -0.4 is 0 Å². The van der Waals surface area contributed by atoms with Crippen LogP contribution in [0.1, 0.15) is 39.0 Å². The average Bonchev–Trinajstić information content (AvgIpc) is 2.75. The average molecular weight is 390 g/mol. The van der Waals surface area contributed by atoms with Crippen molar-refractivity contribution in [3.63, 3.8) is 0 Å². The maximum Gasteiger partial charge on any atom is 0.389 e. The first-order chi connectivity index (χ1) is 10.6. The number of hydrogen-bond donors (Lipinski definition) is 0. The zero-order valence-electron chi connectivity index (χ0n) is 12.4. The molecule has 0 aromatic carbocycles. The van der Waals surface area contributed by atoms with Crippen molar-refractivity contribution < 1.29 is 44.3 Å². The minimum atomic E-state index is -5.06. The van der Waals surface area contributed by atoms with Gasteiger partial charge < -0.3 is 0 Å². The number of halogens is 9. The molecule has 1 rings (SSSR count). The van der Waals surface area contributed by atoms with Crippen molar-refractivity contribution in [1.82, 2.24) is 0 Å². The molecule has 1 heterocycles. The smallest absolute Gasteiger partial charge is 0.287 e. The van der Waals surface area contributed by atoms with Crippen LogP contribution in [-0.4, -0.2) is 34.3 Å². The second-order valence-electron chi connectivity index (χ2n) is 5.85. The predicted molar refractivity (Wildman–Crippen MR) is 69.5 cm³/mol. The molecule has 11 heteroatoms. The Balaban J connectivity index is 2.67. The van der Waals surface area contributed by atoms with Crippen LogP contribution in [0.15, 0.2) is 0 Å². The van der Waals surface area contributed by atoms with Gasteiger partial charge in [-0.3, -0.25) is 4.79 Å². The van der Waals surface area contributed by atoms with E-state index in [0.717, 1.165) is 0 Å². The van der Waals surface area contributed by atoms with Gasteiger partial charge in [-0.05, 0) is 6.42 Å². The van der Waals surface area contributed by atoms with E-state index in [4.69, 9.17) is 0 Å². The van der Waals surface area contributed by atoms with Crippen LogP contribution in [0.5, 0.6) is 0 Å². The molecule has 1 saturated heterocycles. The molecule has 2 unspecified atom stereocenters. The van der Waals surface area contributed by atoms with Gasteiger partial charge in [0, 0.05) is 31.6 Å². The van der Waals surface area contributed by atoms with Gasteiger partial charge in [0.25, 0.3) is 5.92 Å². The lowest BCUT2D eigenvalue weighted by Crippen LogP contribution is -2.43. The first kappa shape index (κ1) is 21.4. The van der Waals surface area contributed by atoms with E-state index in [0.29, 0.717) is 0 Å². The van der Waals surface area contributed by atoms with E-state index in [1.54, 1.807) is 0 Å². The molecule has 0 radical (unpaired) electrons. The number of alkyl halides is 9. The molecule has 1 fully saturated rings. The summed E-state index contributed by atoms with van der Waals surface area (Å²) in [6.07, 6.45) is -13.3. The highest BCUT2D eigenvalue weighted by Crippen LogP contribution is 2.48. The first-order valence-corrected chi connectivity index (χ1v) is 7.86. The Morgan fingerprint density at radius 3 is 1.71 bits per heavy atom. The molecule has 0 bridgehead atoms. The molecular formula is C13H15F9OS. The molecule has 0 saturated carbocycles. The highest BCUT2D eigenvalue weighted by molar-refractivity contribution is 8.14. The third-order valence-electron chi connectivity index (χ3n) is 3.73. The molecule has 1 aliphatic rings. The fraction of sp³-hybridized carbons (Fsp3) is 0.923. The number of hydrogen-bond acceptors (Lipinski definition) is 2. The quantitative estimate of drug-likeness (QED) is 0.520. The molecule has 1 nitrogen and oxygen atoms in total. The van der Waals surface area contributed by atoms with Crippen LogP contribution in [0.4, 0.5) is 39.5 Å². The van der Waals surface area contributed by atoms with E-state index in [1.807, 2.05) is 0 Å². The van der Waals surface area contributed by atoms with Crippen LogP contribution in [0.25, 0.3) is 0 Å². The Morgan fingerprint density at radius 1 is 0.875 bits per heavy atom. The topological polar surface area (TPSA) is 17.1 Å². The summed E-state index contributed by atoms with van der Waals surface area (Å²) in [6.45, 7) is 1.38. The maximum atomic E-state index is 13.8. The predicted octanol–water partition coefficient (Wildman–Crippen LogP) is 5.68. The van der Waals surface area contributed by atoms with E-state index < -0.39 is 65.9 Å². The van der Waals surface area contributed by atoms with Crippen LogP contribution in [0.2, 0.25) is 0 Å². The van der Waals surface area contributed by atoms with E-state index in [9.17, 15) is 44.3 Å². The molecule has 0 aromatic rings. The summed E-state index contributed by atoms with van der Waals surface area (Å²) < 4.78 is 117.